The lowest BCUT2D eigenvalue weighted by Crippen LogP contribution is -2.45. The van der Waals surface area contributed by atoms with E-state index in [-0.39, 0.29) is 18.5 Å². The molecule has 1 amide bonds. The molecule has 446 valence electrons. The number of hydrogen-bond donors (Lipinski definition) is 3. The number of esters is 1. The van der Waals surface area contributed by atoms with Gasteiger partial charge in [-0.3, -0.25) is 9.59 Å². The molecular weight excluding hydrogens is 935 g/mol. The fourth-order valence-corrected chi connectivity index (χ4v) is 10.4. The number of ether oxygens (including phenoxy) is 1. The summed E-state index contributed by atoms with van der Waals surface area (Å²) in [7, 11) is 0. The molecule has 6 heteroatoms. The third-order valence-corrected chi connectivity index (χ3v) is 15.6. The molecule has 0 aromatic heterocycles. The number of hydrogen-bond acceptors (Lipinski definition) is 5. The lowest BCUT2D eigenvalue weighted by Gasteiger charge is -2.20. The summed E-state index contributed by atoms with van der Waals surface area (Å²) >= 11 is 0. The number of carbonyl (C=O) groups excluding carboxylic acids is 2. The third kappa shape index (κ3) is 61.0. The second-order valence-electron chi connectivity index (χ2n) is 23.1. The quantitative estimate of drug-likeness (QED) is 0.0320. The first-order valence-corrected chi connectivity index (χ1v) is 33.9. The summed E-state index contributed by atoms with van der Waals surface area (Å²) in [6, 6.07) is -0.634. The minimum Gasteiger partial charge on any atom is -0.466 e. The normalized spacial score (nSPS) is 12.8. The van der Waals surface area contributed by atoms with Gasteiger partial charge in [0.05, 0.1) is 25.4 Å². The molecule has 0 fully saturated rings. The minimum atomic E-state index is -0.850. The van der Waals surface area contributed by atoms with Crippen LogP contribution < -0.4 is 5.32 Å². The van der Waals surface area contributed by atoms with Gasteiger partial charge in [-0.2, -0.15) is 0 Å². The zero-order valence-corrected chi connectivity index (χ0v) is 51.0. The van der Waals surface area contributed by atoms with Crippen molar-refractivity contribution in [2.45, 2.75) is 373 Å². The van der Waals surface area contributed by atoms with Gasteiger partial charge in [0.15, 0.2) is 0 Å². The molecule has 0 spiro atoms. The third-order valence-electron chi connectivity index (χ3n) is 15.6. The van der Waals surface area contributed by atoms with Crippen LogP contribution in [0.5, 0.6) is 0 Å². The van der Waals surface area contributed by atoms with E-state index in [2.05, 4.69) is 55.6 Å². The van der Waals surface area contributed by atoms with Crippen molar-refractivity contribution in [3.05, 3.63) is 48.6 Å². The Labute approximate surface area is 474 Å². The molecule has 0 heterocycles. The van der Waals surface area contributed by atoms with E-state index in [1.165, 1.54) is 276 Å². The lowest BCUT2D eigenvalue weighted by molar-refractivity contribution is -0.143. The standard InChI is InChI=1S/C70H131NO5/c1-3-5-7-9-11-13-15-17-19-21-27-32-36-40-44-48-52-56-60-64-70(75)76-65-61-57-53-49-45-41-37-33-29-26-24-23-25-28-31-35-39-43-47-51-55-59-63-69(74)71-67(66-72)68(73)62-58-54-50-46-42-38-34-30-22-20-18-16-14-12-10-8-6-4-2/h11,13,17,19,25,28,58,62,67-68,72-73H,3-10,12,14-16,18,20-24,26-27,29-57,59-61,63-66H2,1-2H3,(H,71,74)/b13-11-,19-17-,28-25-,62-58+. The number of nitrogens with one attached hydrogen (secondary N) is 1. The van der Waals surface area contributed by atoms with Gasteiger partial charge in [-0.05, 0) is 89.9 Å². The van der Waals surface area contributed by atoms with Crippen LogP contribution in [-0.4, -0.2) is 47.4 Å². The second-order valence-corrected chi connectivity index (χ2v) is 23.1. The Bertz CT molecular complexity index is 1270. The van der Waals surface area contributed by atoms with Crippen LogP contribution in [0.3, 0.4) is 0 Å². The average Bonchev–Trinajstić information content (AvgIpc) is 3.42. The van der Waals surface area contributed by atoms with Crippen molar-refractivity contribution in [1.29, 1.82) is 0 Å². The fourth-order valence-electron chi connectivity index (χ4n) is 10.4. The van der Waals surface area contributed by atoms with E-state index < -0.39 is 12.1 Å². The van der Waals surface area contributed by atoms with E-state index in [4.69, 9.17) is 4.74 Å². The molecule has 0 aliphatic heterocycles. The van der Waals surface area contributed by atoms with Gasteiger partial charge in [0.25, 0.3) is 0 Å². The monoisotopic (exact) mass is 1070 g/mol. The van der Waals surface area contributed by atoms with Gasteiger partial charge in [-0.1, -0.05) is 306 Å². The highest BCUT2D eigenvalue weighted by Gasteiger charge is 2.18. The van der Waals surface area contributed by atoms with Crippen molar-refractivity contribution >= 4 is 11.9 Å². The smallest absolute Gasteiger partial charge is 0.305 e. The number of unbranched alkanes of at least 4 members (excludes halogenated alkanes) is 46. The highest BCUT2D eigenvalue weighted by molar-refractivity contribution is 5.76. The molecule has 6 nitrogen and oxygen atoms in total. The molecule has 0 saturated heterocycles. The Morgan fingerprint density at radius 1 is 0.368 bits per heavy atom. The maximum Gasteiger partial charge on any atom is 0.305 e. The largest absolute Gasteiger partial charge is 0.466 e. The van der Waals surface area contributed by atoms with Crippen molar-refractivity contribution in [2.75, 3.05) is 13.2 Å². The SMILES string of the molecule is CCCCC/C=C\C/C=C\CCCCCCCCCCCC(=O)OCCCCCCCCCCCCC/C=C\CCCCCCCCCC(=O)NC(CO)C(O)/C=C/CCCCCCCCCCCCCCCCCC. The molecule has 76 heavy (non-hydrogen) atoms. The number of amides is 1. The topological polar surface area (TPSA) is 95.9 Å². The first-order valence-electron chi connectivity index (χ1n) is 33.9. The Balaban J connectivity index is 3.43. The van der Waals surface area contributed by atoms with Gasteiger partial charge >= 0.3 is 5.97 Å². The van der Waals surface area contributed by atoms with Crippen molar-refractivity contribution in [3.8, 4) is 0 Å². The number of rotatable bonds is 63. The molecule has 0 rings (SSSR count). The van der Waals surface area contributed by atoms with Crippen molar-refractivity contribution < 1.29 is 24.5 Å². The summed E-state index contributed by atoms with van der Waals surface area (Å²) in [4.78, 5) is 24.6. The zero-order chi connectivity index (χ0) is 55.0. The summed E-state index contributed by atoms with van der Waals surface area (Å²) < 4.78 is 5.50. The van der Waals surface area contributed by atoms with E-state index in [1.54, 1.807) is 6.08 Å². The van der Waals surface area contributed by atoms with Gasteiger partial charge in [0.1, 0.15) is 0 Å². The number of allylic oxidation sites excluding steroid dienone is 7. The van der Waals surface area contributed by atoms with E-state index >= 15 is 0 Å². The molecule has 2 unspecified atom stereocenters. The fraction of sp³-hybridized carbons (Fsp3) is 0.857. The van der Waals surface area contributed by atoms with E-state index in [0.29, 0.717) is 19.4 Å². The lowest BCUT2D eigenvalue weighted by atomic mass is 10.0. The summed E-state index contributed by atoms with van der Waals surface area (Å²) in [5.41, 5.74) is 0. The number of carbonyl (C=O) groups is 2. The maximum absolute atomic E-state index is 12.5. The van der Waals surface area contributed by atoms with Crippen LogP contribution in [0.4, 0.5) is 0 Å². The van der Waals surface area contributed by atoms with Crippen LogP contribution in [-0.2, 0) is 14.3 Å². The van der Waals surface area contributed by atoms with Crippen LogP contribution in [0.1, 0.15) is 361 Å². The van der Waals surface area contributed by atoms with Crippen LogP contribution in [0, 0.1) is 0 Å². The first-order chi connectivity index (χ1) is 37.5. The van der Waals surface area contributed by atoms with Crippen LogP contribution in [0.15, 0.2) is 48.6 Å². The van der Waals surface area contributed by atoms with Gasteiger partial charge in [-0.15, -0.1) is 0 Å². The molecule has 0 aliphatic rings. The van der Waals surface area contributed by atoms with Crippen molar-refractivity contribution in [2.24, 2.45) is 0 Å². The molecule has 2 atom stereocenters. The molecule has 0 bridgehead atoms. The van der Waals surface area contributed by atoms with Gasteiger partial charge in [-0.25, -0.2) is 0 Å². The summed E-state index contributed by atoms with van der Waals surface area (Å²) in [5, 5.41) is 23.2. The molecule has 0 saturated carbocycles. The van der Waals surface area contributed by atoms with E-state index in [0.717, 1.165) is 57.8 Å². The summed E-state index contributed by atoms with van der Waals surface area (Å²) in [5.74, 6) is -0.0673. The van der Waals surface area contributed by atoms with Crippen molar-refractivity contribution in [3.63, 3.8) is 0 Å². The maximum atomic E-state index is 12.5. The minimum absolute atomic E-state index is 0.00573. The highest BCUT2D eigenvalue weighted by atomic mass is 16.5. The van der Waals surface area contributed by atoms with Gasteiger partial charge in [0, 0.05) is 12.8 Å². The predicted octanol–water partition coefficient (Wildman–Crippen LogP) is 21.7. The Kier molecular flexibility index (Phi) is 63.5. The van der Waals surface area contributed by atoms with Gasteiger partial charge < -0.3 is 20.3 Å². The summed E-state index contributed by atoms with van der Waals surface area (Å²) in [6.07, 6.45) is 84.5. The predicted molar refractivity (Wildman–Crippen MR) is 333 cm³/mol. The van der Waals surface area contributed by atoms with Crippen LogP contribution >= 0.6 is 0 Å². The van der Waals surface area contributed by atoms with Crippen molar-refractivity contribution in [1.82, 2.24) is 5.32 Å². The Morgan fingerprint density at radius 2 is 0.658 bits per heavy atom. The van der Waals surface area contributed by atoms with Gasteiger partial charge in [0.2, 0.25) is 5.91 Å². The molecule has 0 aromatic carbocycles. The average molecular weight is 1070 g/mol. The van der Waals surface area contributed by atoms with Crippen LogP contribution in [0.25, 0.3) is 0 Å². The number of aliphatic hydroxyl groups excluding tert-OH is 2. The highest BCUT2D eigenvalue weighted by Crippen LogP contribution is 2.17. The zero-order valence-electron chi connectivity index (χ0n) is 51.0. The molecule has 0 radical (unpaired) electrons. The van der Waals surface area contributed by atoms with E-state index in [1.807, 2.05) is 6.08 Å². The Morgan fingerprint density at radius 3 is 1.04 bits per heavy atom. The summed E-state index contributed by atoms with van der Waals surface area (Å²) in [6.45, 7) is 4.89. The molecule has 3 N–H and O–H groups in total. The second kappa shape index (κ2) is 65.3. The first kappa shape index (κ1) is 73.8. The van der Waals surface area contributed by atoms with Crippen LogP contribution in [0.2, 0.25) is 0 Å². The molecular formula is C70H131NO5. The Hall–Kier alpha value is -2.18. The van der Waals surface area contributed by atoms with E-state index in [9.17, 15) is 19.8 Å². The molecule has 0 aromatic rings. The molecule has 0 aliphatic carbocycles. The number of aliphatic hydroxyl groups is 2.